The van der Waals surface area contributed by atoms with Crippen molar-refractivity contribution in [1.29, 1.82) is 0 Å². The first kappa shape index (κ1) is 12.3. The molecule has 0 aliphatic rings. The Labute approximate surface area is 106 Å². The van der Waals surface area contributed by atoms with E-state index in [0.29, 0.717) is 18.8 Å². The summed E-state index contributed by atoms with van der Waals surface area (Å²) in [6, 6.07) is 13.1. The fourth-order valence-electron chi connectivity index (χ4n) is 1.56. The molecule has 18 heavy (non-hydrogen) atoms. The highest BCUT2D eigenvalue weighted by molar-refractivity contribution is 5.92. The van der Waals surface area contributed by atoms with Gasteiger partial charge in [-0.2, -0.15) is 0 Å². The molecule has 0 bridgehead atoms. The lowest BCUT2D eigenvalue weighted by atomic mass is 10.1. The lowest BCUT2D eigenvalue weighted by Gasteiger charge is -2.05. The zero-order valence-electron chi connectivity index (χ0n) is 9.97. The van der Waals surface area contributed by atoms with Gasteiger partial charge < -0.3 is 11.1 Å². The summed E-state index contributed by atoms with van der Waals surface area (Å²) in [5.74, 6) is -0.168. The molecule has 0 aliphatic heterocycles. The average molecular weight is 241 g/mol. The molecule has 4 nitrogen and oxygen atoms in total. The van der Waals surface area contributed by atoms with Crippen LogP contribution in [0.25, 0.3) is 0 Å². The quantitative estimate of drug-likeness (QED) is 0.851. The van der Waals surface area contributed by atoms with E-state index < -0.39 is 0 Å². The van der Waals surface area contributed by atoms with Crippen LogP contribution in [0.15, 0.2) is 48.7 Å². The first-order valence-electron chi connectivity index (χ1n) is 5.76. The van der Waals surface area contributed by atoms with Crippen molar-refractivity contribution in [2.75, 3.05) is 0 Å². The van der Waals surface area contributed by atoms with Crippen LogP contribution < -0.4 is 11.1 Å². The van der Waals surface area contributed by atoms with Crippen LogP contribution in [0.5, 0.6) is 0 Å². The fourth-order valence-corrected chi connectivity index (χ4v) is 1.56. The lowest BCUT2D eigenvalue weighted by Crippen LogP contribution is -2.23. The van der Waals surface area contributed by atoms with Gasteiger partial charge in [0.2, 0.25) is 0 Å². The van der Waals surface area contributed by atoms with Crippen LogP contribution in [0.2, 0.25) is 0 Å². The van der Waals surface area contributed by atoms with Crippen LogP contribution in [-0.4, -0.2) is 10.9 Å². The third-order valence-electron chi connectivity index (χ3n) is 2.61. The molecule has 0 spiro atoms. The Morgan fingerprint density at radius 2 is 1.83 bits per heavy atom. The summed E-state index contributed by atoms with van der Waals surface area (Å²) >= 11 is 0. The normalized spacial score (nSPS) is 10.1. The van der Waals surface area contributed by atoms with Gasteiger partial charge in [-0.3, -0.25) is 9.78 Å². The predicted molar refractivity (Wildman–Crippen MR) is 69.7 cm³/mol. The molecule has 0 unspecified atom stereocenters. The molecule has 0 aliphatic carbocycles. The largest absolute Gasteiger partial charge is 0.347 e. The maximum absolute atomic E-state index is 11.7. The summed E-state index contributed by atoms with van der Waals surface area (Å²) in [7, 11) is 0. The smallest absolute Gasteiger partial charge is 0.270 e. The third kappa shape index (κ3) is 3.15. The molecule has 1 aromatic carbocycles. The molecule has 1 amide bonds. The van der Waals surface area contributed by atoms with Crippen LogP contribution in [0.3, 0.4) is 0 Å². The molecular weight excluding hydrogens is 226 g/mol. The first-order chi connectivity index (χ1) is 8.79. The number of rotatable bonds is 4. The van der Waals surface area contributed by atoms with Crippen molar-refractivity contribution in [2.24, 2.45) is 5.73 Å². The summed E-state index contributed by atoms with van der Waals surface area (Å²) in [6.07, 6.45) is 1.60. The molecule has 92 valence electrons. The highest BCUT2D eigenvalue weighted by Gasteiger charge is 2.05. The van der Waals surface area contributed by atoms with Crippen LogP contribution in [0.4, 0.5) is 0 Å². The molecule has 2 rings (SSSR count). The maximum atomic E-state index is 11.7. The Morgan fingerprint density at radius 3 is 2.44 bits per heavy atom. The van der Waals surface area contributed by atoms with E-state index in [1.165, 1.54) is 0 Å². The van der Waals surface area contributed by atoms with Crippen molar-refractivity contribution >= 4 is 5.91 Å². The number of pyridine rings is 1. The highest BCUT2D eigenvalue weighted by Crippen LogP contribution is 2.03. The summed E-state index contributed by atoms with van der Waals surface area (Å²) in [5.41, 5.74) is 8.06. The number of hydrogen-bond donors (Lipinski definition) is 2. The molecule has 3 N–H and O–H groups in total. The van der Waals surface area contributed by atoms with E-state index in [1.54, 1.807) is 24.4 Å². The van der Waals surface area contributed by atoms with Crippen molar-refractivity contribution in [1.82, 2.24) is 10.3 Å². The minimum absolute atomic E-state index is 0.168. The van der Waals surface area contributed by atoms with Gasteiger partial charge in [-0.05, 0) is 23.3 Å². The molecule has 0 radical (unpaired) electrons. The van der Waals surface area contributed by atoms with Gasteiger partial charge in [0, 0.05) is 19.3 Å². The third-order valence-corrected chi connectivity index (χ3v) is 2.61. The number of amides is 1. The van der Waals surface area contributed by atoms with E-state index in [2.05, 4.69) is 10.3 Å². The summed E-state index contributed by atoms with van der Waals surface area (Å²) in [4.78, 5) is 15.7. The Kier molecular flexibility index (Phi) is 4.04. The maximum Gasteiger partial charge on any atom is 0.270 e. The fraction of sp³-hybridized carbons (Fsp3) is 0.143. The predicted octanol–water partition coefficient (Wildman–Crippen LogP) is 1.47. The monoisotopic (exact) mass is 241 g/mol. The number of nitrogens with two attached hydrogens (primary N) is 1. The Hall–Kier alpha value is -2.20. The number of benzene rings is 1. The van der Waals surface area contributed by atoms with Gasteiger partial charge in [-0.25, -0.2) is 0 Å². The van der Waals surface area contributed by atoms with E-state index >= 15 is 0 Å². The van der Waals surface area contributed by atoms with E-state index in [9.17, 15) is 4.79 Å². The number of carbonyl (C=O) groups is 1. The second-order valence-electron chi connectivity index (χ2n) is 3.92. The highest BCUT2D eigenvalue weighted by atomic mass is 16.1. The topological polar surface area (TPSA) is 68.0 Å². The number of nitrogens with zero attached hydrogens (tertiary/aromatic N) is 1. The summed E-state index contributed by atoms with van der Waals surface area (Å²) in [5, 5.41) is 2.82. The molecule has 1 aromatic heterocycles. The number of hydrogen-bond acceptors (Lipinski definition) is 3. The van der Waals surface area contributed by atoms with E-state index in [4.69, 9.17) is 5.73 Å². The van der Waals surface area contributed by atoms with Crippen molar-refractivity contribution in [2.45, 2.75) is 13.1 Å². The lowest BCUT2D eigenvalue weighted by molar-refractivity contribution is 0.0946. The van der Waals surface area contributed by atoms with Crippen LogP contribution in [-0.2, 0) is 13.1 Å². The standard InChI is InChI=1S/C14H15N3O/c15-9-11-4-6-12(7-5-11)10-17-14(18)13-3-1-2-8-16-13/h1-8H,9-10,15H2,(H,17,18). The average Bonchev–Trinajstić information content (AvgIpc) is 2.46. The summed E-state index contributed by atoms with van der Waals surface area (Å²) < 4.78 is 0. The van der Waals surface area contributed by atoms with Crippen molar-refractivity contribution < 1.29 is 4.79 Å². The van der Waals surface area contributed by atoms with E-state index in [-0.39, 0.29) is 5.91 Å². The number of carbonyl (C=O) groups excluding carboxylic acids is 1. The zero-order chi connectivity index (χ0) is 12.8. The van der Waals surface area contributed by atoms with Gasteiger partial charge in [0.1, 0.15) is 5.69 Å². The molecule has 0 saturated carbocycles. The molecule has 0 fully saturated rings. The van der Waals surface area contributed by atoms with Crippen LogP contribution >= 0.6 is 0 Å². The SMILES string of the molecule is NCc1ccc(CNC(=O)c2ccccn2)cc1. The van der Waals surface area contributed by atoms with Crippen LogP contribution in [0.1, 0.15) is 21.6 Å². The minimum Gasteiger partial charge on any atom is -0.347 e. The second-order valence-corrected chi connectivity index (χ2v) is 3.92. The Bertz CT molecular complexity index is 508. The zero-order valence-corrected chi connectivity index (χ0v) is 9.97. The first-order valence-corrected chi connectivity index (χ1v) is 5.76. The number of aromatic nitrogens is 1. The van der Waals surface area contributed by atoms with Gasteiger partial charge in [0.15, 0.2) is 0 Å². The number of nitrogens with one attached hydrogen (secondary N) is 1. The second kappa shape index (κ2) is 5.93. The van der Waals surface area contributed by atoms with E-state index in [1.807, 2.05) is 24.3 Å². The van der Waals surface area contributed by atoms with Gasteiger partial charge in [-0.1, -0.05) is 30.3 Å². The molecule has 1 heterocycles. The summed E-state index contributed by atoms with van der Waals surface area (Å²) in [6.45, 7) is 1.01. The van der Waals surface area contributed by atoms with Crippen molar-refractivity contribution in [3.05, 3.63) is 65.5 Å². The van der Waals surface area contributed by atoms with Gasteiger partial charge in [0.25, 0.3) is 5.91 Å². The molecule has 0 saturated heterocycles. The van der Waals surface area contributed by atoms with Crippen LogP contribution in [0, 0.1) is 0 Å². The van der Waals surface area contributed by atoms with Gasteiger partial charge in [-0.15, -0.1) is 0 Å². The minimum atomic E-state index is -0.168. The molecular formula is C14H15N3O. The van der Waals surface area contributed by atoms with Gasteiger partial charge in [0.05, 0.1) is 0 Å². The van der Waals surface area contributed by atoms with Crippen molar-refractivity contribution in [3.8, 4) is 0 Å². The Balaban J connectivity index is 1.93. The Morgan fingerprint density at radius 1 is 1.11 bits per heavy atom. The van der Waals surface area contributed by atoms with Crippen molar-refractivity contribution in [3.63, 3.8) is 0 Å². The molecule has 2 aromatic rings. The molecule has 4 heteroatoms. The molecule has 0 atom stereocenters. The van der Waals surface area contributed by atoms with Gasteiger partial charge >= 0.3 is 0 Å². The van der Waals surface area contributed by atoms with E-state index in [0.717, 1.165) is 11.1 Å².